The van der Waals surface area contributed by atoms with E-state index >= 15 is 0 Å². The van der Waals surface area contributed by atoms with Crippen LogP contribution in [0.1, 0.15) is 12.1 Å². The van der Waals surface area contributed by atoms with E-state index in [9.17, 15) is 4.79 Å². The molecule has 0 aliphatic carbocycles. The number of anilines is 1. The first kappa shape index (κ1) is 12.8. The third-order valence-electron chi connectivity index (χ3n) is 2.87. The molecule has 0 amide bonds. The van der Waals surface area contributed by atoms with Gasteiger partial charge in [0.15, 0.2) is 0 Å². The maximum absolute atomic E-state index is 11.2. The maximum atomic E-state index is 11.2. The van der Waals surface area contributed by atoms with E-state index in [2.05, 4.69) is 19.6 Å². The highest BCUT2D eigenvalue weighted by molar-refractivity contribution is 5.69. The monoisotopic (exact) mass is 251 g/mol. The predicted octanol–water partition coefficient (Wildman–Crippen LogP) is 0.553. The summed E-state index contributed by atoms with van der Waals surface area (Å²) in [7, 11) is 1.39. The minimum Gasteiger partial charge on any atom is -0.469 e. The topological polar surface area (TPSA) is 64.5 Å². The molecule has 1 unspecified atom stereocenters. The lowest BCUT2D eigenvalue weighted by Crippen LogP contribution is -2.43. The molecule has 1 fully saturated rings. The van der Waals surface area contributed by atoms with Crippen LogP contribution in [-0.4, -0.2) is 48.8 Å². The number of carbonyl (C=O) groups excluding carboxylic acids is 1. The second kappa shape index (κ2) is 5.77. The summed E-state index contributed by atoms with van der Waals surface area (Å²) in [6, 6.07) is 1.93. The van der Waals surface area contributed by atoms with Gasteiger partial charge in [0, 0.05) is 24.8 Å². The van der Waals surface area contributed by atoms with Gasteiger partial charge >= 0.3 is 5.97 Å². The fourth-order valence-corrected chi connectivity index (χ4v) is 1.93. The van der Waals surface area contributed by atoms with Crippen molar-refractivity contribution in [2.75, 3.05) is 31.7 Å². The number of rotatable bonds is 3. The van der Waals surface area contributed by atoms with Crippen LogP contribution < -0.4 is 4.90 Å². The first-order valence-corrected chi connectivity index (χ1v) is 5.91. The van der Waals surface area contributed by atoms with Gasteiger partial charge in [-0.2, -0.15) is 0 Å². The SMILES string of the molecule is COC(=O)CC1CN(c2cc(C)ncn2)CCO1. The first-order valence-electron chi connectivity index (χ1n) is 5.91. The van der Waals surface area contributed by atoms with Gasteiger partial charge in [0.1, 0.15) is 12.1 Å². The Balaban J connectivity index is 2.00. The van der Waals surface area contributed by atoms with Crippen LogP contribution in [0, 0.1) is 6.92 Å². The molecule has 0 radical (unpaired) electrons. The summed E-state index contributed by atoms with van der Waals surface area (Å²) in [5.41, 5.74) is 0.927. The molecule has 2 rings (SSSR count). The zero-order chi connectivity index (χ0) is 13.0. The van der Waals surface area contributed by atoms with Gasteiger partial charge in [0.25, 0.3) is 0 Å². The fourth-order valence-electron chi connectivity index (χ4n) is 1.93. The highest BCUT2D eigenvalue weighted by atomic mass is 16.5. The number of morpholine rings is 1. The summed E-state index contributed by atoms with van der Waals surface area (Å²) in [6.45, 7) is 3.93. The summed E-state index contributed by atoms with van der Waals surface area (Å²) < 4.78 is 10.2. The van der Waals surface area contributed by atoms with E-state index in [-0.39, 0.29) is 18.5 Å². The smallest absolute Gasteiger partial charge is 0.308 e. The van der Waals surface area contributed by atoms with Crippen molar-refractivity contribution in [3.8, 4) is 0 Å². The largest absolute Gasteiger partial charge is 0.469 e. The molecule has 1 saturated heterocycles. The van der Waals surface area contributed by atoms with Crippen molar-refractivity contribution >= 4 is 11.8 Å². The van der Waals surface area contributed by atoms with Crippen molar-refractivity contribution in [1.29, 1.82) is 0 Å². The van der Waals surface area contributed by atoms with E-state index in [4.69, 9.17) is 4.74 Å². The fraction of sp³-hybridized carbons (Fsp3) is 0.583. The van der Waals surface area contributed by atoms with Crippen LogP contribution in [-0.2, 0) is 14.3 Å². The molecular formula is C12H17N3O3. The van der Waals surface area contributed by atoms with Crippen LogP contribution in [0.4, 0.5) is 5.82 Å². The van der Waals surface area contributed by atoms with Gasteiger partial charge in [-0.3, -0.25) is 4.79 Å². The standard InChI is InChI=1S/C12H17N3O3/c1-9-5-11(14-8-13-9)15-3-4-18-10(7-15)6-12(16)17-2/h5,8,10H,3-4,6-7H2,1-2H3. The molecular weight excluding hydrogens is 234 g/mol. The highest BCUT2D eigenvalue weighted by Gasteiger charge is 2.24. The van der Waals surface area contributed by atoms with Crippen molar-refractivity contribution in [2.45, 2.75) is 19.4 Å². The van der Waals surface area contributed by atoms with Crippen LogP contribution in [0.25, 0.3) is 0 Å². The number of carbonyl (C=O) groups is 1. The molecule has 0 aromatic carbocycles. The summed E-state index contributed by atoms with van der Waals surface area (Å²) >= 11 is 0. The molecule has 1 aromatic rings. The van der Waals surface area contributed by atoms with E-state index in [1.54, 1.807) is 6.33 Å². The van der Waals surface area contributed by atoms with Gasteiger partial charge in [-0.25, -0.2) is 9.97 Å². The Morgan fingerprint density at radius 1 is 1.61 bits per heavy atom. The molecule has 1 aromatic heterocycles. The van der Waals surface area contributed by atoms with Gasteiger partial charge in [-0.15, -0.1) is 0 Å². The molecule has 2 heterocycles. The Bertz CT molecular complexity index is 425. The maximum Gasteiger partial charge on any atom is 0.308 e. The number of hydrogen-bond donors (Lipinski definition) is 0. The number of nitrogens with zero attached hydrogens (tertiary/aromatic N) is 3. The average molecular weight is 251 g/mol. The van der Waals surface area contributed by atoms with Crippen molar-refractivity contribution in [1.82, 2.24) is 9.97 Å². The van der Waals surface area contributed by atoms with Gasteiger partial charge in [-0.1, -0.05) is 0 Å². The Labute approximate surface area is 106 Å². The van der Waals surface area contributed by atoms with Crippen LogP contribution in [0.5, 0.6) is 0 Å². The number of ether oxygens (including phenoxy) is 2. The molecule has 0 bridgehead atoms. The molecule has 18 heavy (non-hydrogen) atoms. The quantitative estimate of drug-likeness (QED) is 0.731. The molecule has 1 aliphatic rings. The number of hydrogen-bond acceptors (Lipinski definition) is 6. The molecule has 98 valence electrons. The molecule has 6 nitrogen and oxygen atoms in total. The Hall–Kier alpha value is -1.69. The Kier molecular flexibility index (Phi) is 4.09. The minimum absolute atomic E-state index is 0.138. The van der Waals surface area contributed by atoms with Gasteiger partial charge in [0.05, 0.1) is 26.2 Å². The average Bonchev–Trinajstić information content (AvgIpc) is 2.39. The highest BCUT2D eigenvalue weighted by Crippen LogP contribution is 2.16. The molecule has 6 heteroatoms. The summed E-state index contributed by atoms with van der Waals surface area (Å²) in [5, 5.41) is 0. The van der Waals surface area contributed by atoms with Gasteiger partial charge in [0.2, 0.25) is 0 Å². The third-order valence-corrected chi connectivity index (χ3v) is 2.87. The van der Waals surface area contributed by atoms with Crippen molar-refractivity contribution in [3.63, 3.8) is 0 Å². The Morgan fingerprint density at radius 2 is 2.44 bits per heavy atom. The lowest BCUT2D eigenvalue weighted by molar-refractivity contribution is -0.144. The predicted molar refractivity (Wildman–Crippen MR) is 65.4 cm³/mol. The molecule has 0 spiro atoms. The number of aromatic nitrogens is 2. The van der Waals surface area contributed by atoms with E-state index in [1.807, 2.05) is 13.0 Å². The van der Waals surface area contributed by atoms with Crippen LogP contribution in [0.15, 0.2) is 12.4 Å². The van der Waals surface area contributed by atoms with Gasteiger partial charge in [-0.05, 0) is 6.92 Å². The van der Waals surface area contributed by atoms with Crippen molar-refractivity contribution < 1.29 is 14.3 Å². The minimum atomic E-state index is -0.249. The zero-order valence-corrected chi connectivity index (χ0v) is 10.6. The first-order chi connectivity index (χ1) is 8.69. The number of esters is 1. The van der Waals surface area contributed by atoms with Crippen molar-refractivity contribution in [3.05, 3.63) is 18.1 Å². The van der Waals surface area contributed by atoms with E-state index in [1.165, 1.54) is 7.11 Å². The summed E-state index contributed by atoms with van der Waals surface area (Å²) in [6.07, 6.45) is 1.69. The summed E-state index contributed by atoms with van der Waals surface area (Å²) in [5.74, 6) is 0.626. The molecule has 1 aliphatic heterocycles. The van der Waals surface area contributed by atoms with Crippen LogP contribution in [0.3, 0.4) is 0 Å². The van der Waals surface area contributed by atoms with Crippen LogP contribution in [0.2, 0.25) is 0 Å². The molecule has 1 atom stereocenters. The molecule has 0 saturated carbocycles. The molecule has 0 N–H and O–H groups in total. The lowest BCUT2D eigenvalue weighted by atomic mass is 10.2. The number of methoxy groups -OCH3 is 1. The van der Waals surface area contributed by atoms with E-state index in [0.717, 1.165) is 18.1 Å². The number of aryl methyl sites for hydroxylation is 1. The Morgan fingerprint density at radius 3 is 3.17 bits per heavy atom. The normalized spacial score (nSPS) is 19.7. The van der Waals surface area contributed by atoms with Crippen molar-refractivity contribution in [2.24, 2.45) is 0 Å². The second-order valence-corrected chi connectivity index (χ2v) is 4.24. The van der Waals surface area contributed by atoms with E-state index < -0.39 is 0 Å². The third kappa shape index (κ3) is 3.16. The van der Waals surface area contributed by atoms with Gasteiger partial charge < -0.3 is 14.4 Å². The lowest BCUT2D eigenvalue weighted by Gasteiger charge is -2.33. The van der Waals surface area contributed by atoms with Crippen LogP contribution >= 0.6 is 0 Å². The summed E-state index contributed by atoms with van der Waals surface area (Å²) in [4.78, 5) is 21.6. The zero-order valence-electron chi connectivity index (χ0n) is 10.6. The van der Waals surface area contributed by atoms with E-state index in [0.29, 0.717) is 13.2 Å². The second-order valence-electron chi connectivity index (χ2n) is 4.24.